The largest absolute Gasteiger partial charge is 0.385 e. The topological polar surface area (TPSA) is 65.6 Å². The molecule has 0 fully saturated rings. The van der Waals surface area contributed by atoms with Crippen LogP contribution in [0.2, 0.25) is 10.0 Å². The van der Waals surface area contributed by atoms with Crippen LogP contribution in [0.15, 0.2) is 79.0 Å². The SMILES string of the molecule is COCCCN(CC(=O)N(CCc1c[nH]c2ccccc12)Cc1ccc(Cl)c(Cl)c1)C(=O)c1ccccc1. The Morgan fingerprint density at radius 3 is 2.42 bits per heavy atom. The lowest BCUT2D eigenvalue weighted by atomic mass is 10.1. The quantitative estimate of drug-likeness (QED) is 0.212. The van der Waals surface area contributed by atoms with Crippen LogP contribution in [0.25, 0.3) is 10.9 Å². The molecular weight excluding hydrogens is 521 g/mol. The van der Waals surface area contributed by atoms with E-state index in [9.17, 15) is 9.59 Å². The zero-order valence-corrected chi connectivity index (χ0v) is 22.8. The van der Waals surface area contributed by atoms with Crippen molar-refractivity contribution >= 4 is 45.9 Å². The number of para-hydroxylation sites is 1. The highest BCUT2D eigenvalue weighted by atomic mass is 35.5. The van der Waals surface area contributed by atoms with E-state index in [4.69, 9.17) is 27.9 Å². The molecule has 3 aromatic carbocycles. The van der Waals surface area contributed by atoms with E-state index in [2.05, 4.69) is 11.1 Å². The molecule has 0 spiro atoms. The van der Waals surface area contributed by atoms with Crippen molar-refractivity contribution in [1.82, 2.24) is 14.8 Å². The smallest absolute Gasteiger partial charge is 0.254 e. The van der Waals surface area contributed by atoms with Crippen molar-refractivity contribution in [2.45, 2.75) is 19.4 Å². The van der Waals surface area contributed by atoms with Gasteiger partial charge in [0, 0.05) is 56.0 Å². The van der Waals surface area contributed by atoms with Gasteiger partial charge in [0.25, 0.3) is 5.91 Å². The number of carbonyl (C=O) groups is 2. The van der Waals surface area contributed by atoms with Gasteiger partial charge in [0.15, 0.2) is 0 Å². The molecule has 1 N–H and O–H groups in total. The second-order valence-electron chi connectivity index (χ2n) is 9.11. The summed E-state index contributed by atoms with van der Waals surface area (Å²) in [4.78, 5) is 33.7. The second kappa shape index (κ2) is 13.5. The molecule has 4 aromatic rings. The molecule has 1 heterocycles. The normalized spacial score (nSPS) is 11.0. The maximum absolute atomic E-state index is 13.7. The van der Waals surface area contributed by atoms with Crippen LogP contribution in [0.5, 0.6) is 0 Å². The van der Waals surface area contributed by atoms with Crippen LogP contribution >= 0.6 is 23.2 Å². The molecule has 0 radical (unpaired) electrons. The third-order valence-corrected chi connectivity index (χ3v) is 7.19. The van der Waals surface area contributed by atoms with Crippen LogP contribution in [0, 0.1) is 0 Å². The number of hydrogen-bond donors (Lipinski definition) is 1. The summed E-state index contributed by atoms with van der Waals surface area (Å²) in [7, 11) is 1.62. The number of benzene rings is 3. The monoisotopic (exact) mass is 551 g/mol. The first-order valence-electron chi connectivity index (χ1n) is 12.6. The average molecular weight is 553 g/mol. The van der Waals surface area contributed by atoms with E-state index in [0.29, 0.717) is 54.7 Å². The first-order valence-corrected chi connectivity index (χ1v) is 13.3. The van der Waals surface area contributed by atoms with Gasteiger partial charge in [-0.1, -0.05) is 65.7 Å². The number of rotatable bonds is 12. The molecule has 198 valence electrons. The third-order valence-electron chi connectivity index (χ3n) is 6.45. The van der Waals surface area contributed by atoms with Crippen molar-refractivity contribution in [3.05, 3.63) is 106 Å². The van der Waals surface area contributed by atoms with Crippen molar-refractivity contribution in [1.29, 1.82) is 0 Å². The summed E-state index contributed by atoms with van der Waals surface area (Å²) in [5, 5.41) is 2.04. The van der Waals surface area contributed by atoms with Gasteiger partial charge in [-0.05, 0) is 54.3 Å². The fourth-order valence-corrected chi connectivity index (χ4v) is 4.74. The predicted octanol–water partition coefficient (Wildman–Crippen LogP) is 6.22. The number of halogens is 2. The summed E-state index contributed by atoms with van der Waals surface area (Å²) in [5.41, 5.74) is 3.60. The van der Waals surface area contributed by atoms with Gasteiger partial charge in [0.2, 0.25) is 5.91 Å². The molecular formula is C30H31Cl2N3O3. The van der Waals surface area contributed by atoms with Gasteiger partial charge in [0.05, 0.1) is 10.0 Å². The number of fused-ring (bicyclic) bond motifs is 1. The van der Waals surface area contributed by atoms with Gasteiger partial charge in [-0.3, -0.25) is 9.59 Å². The molecule has 1 aromatic heterocycles. The number of ether oxygens (including phenoxy) is 1. The first kappa shape index (κ1) is 27.7. The Hall–Kier alpha value is -3.32. The Morgan fingerprint density at radius 2 is 1.66 bits per heavy atom. The lowest BCUT2D eigenvalue weighted by molar-refractivity contribution is -0.132. The molecule has 38 heavy (non-hydrogen) atoms. The maximum Gasteiger partial charge on any atom is 0.254 e. The van der Waals surface area contributed by atoms with Crippen molar-refractivity contribution < 1.29 is 14.3 Å². The molecule has 0 aliphatic carbocycles. The van der Waals surface area contributed by atoms with Crippen LogP contribution in [0.1, 0.15) is 27.9 Å². The molecule has 8 heteroatoms. The van der Waals surface area contributed by atoms with Crippen molar-refractivity contribution in [2.24, 2.45) is 0 Å². The van der Waals surface area contributed by atoms with E-state index >= 15 is 0 Å². The number of hydrogen-bond acceptors (Lipinski definition) is 3. The van der Waals surface area contributed by atoms with Gasteiger partial charge in [0.1, 0.15) is 6.54 Å². The lowest BCUT2D eigenvalue weighted by Gasteiger charge is -2.28. The van der Waals surface area contributed by atoms with Crippen LogP contribution < -0.4 is 0 Å². The summed E-state index contributed by atoms with van der Waals surface area (Å²) in [6.07, 6.45) is 3.28. The molecule has 4 rings (SSSR count). The van der Waals surface area contributed by atoms with Crippen molar-refractivity contribution in [3.8, 4) is 0 Å². The van der Waals surface area contributed by atoms with Crippen LogP contribution in [-0.2, 0) is 22.5 Å². The first-order chi connectivity index (χ1) is 18.5. The highest BCUT2D eigenvalue weighted by Crippen LogP contribution is 2.24. The predicted molar refractivity (Wildman–Crippen MR) is 153 cm³/mol. The van der Waals surface area contributed by atoms with E-state index in [1.165, 1.54) is 0 Å². The fourth-order valence-electron chi connectivity index (χ4n) is 4.42. The minimum Gasteiger partial charge on any atom is -0.385 e. The van der Waals surface area contributed by atoms with Crippen molar-refractivity contribution in [2.75, 3.05) is 33.4 Å². The molecule has 0 unspecified atom stereocenters. The Labute approximate surface area is 233 Å². The van der Waals surface area contributed by atoms with Gasteiger partial charge in [-0.25, -0.2) is 0 Å². The van der Waals surface area contributed by atoms with Gasteiger partial charge >= 0.3 is 0 Å². The Kier molecular flexibility index (Phi) is 9.82. The summed E-state index contributed by atoms with van der Waals surface area (Å²) in [6.45, 7) is 1.71. The van der Waals surface area contributed by atoms with Crippen LogP contribution in [-0.4, -0.2) is 59.9 Å². The molecule has 0 saturated heterocycles. The molecule has 0 saturated carbocycles. The zero-order valence-electron chi connectivity index (χ0n) is 21.3. The Morgan fingerprint density at radius 1 is 0.895 bits per heavy atom. The standard InChI is InChI=1S/C30H31Cl2N3O3/c1-38-17-7-15-35(30(37)23-8-3-2-4-9-23)21-29(36)34(20-22-12-13-26(31)27(32)18-22)16-14-24-19-33-28-11-6-5-10-25(24)28/h2-6,8-13,18-19,33H,7,14-17,20-21H2,1H3. The Bertz CT molecular complexity index is 1370. The number of carbonyl (C=O) groups excluding carboxylic acids is 2. The highest BCUT2D eigenvalue weighted by molar-refractivity contribution is 6.42. The summed E-state index contributed by atoms with van der Waals surface area (Å²) < 4.78 is 5.19. The van der Waals surface area contributed by atoms with E-state index in [1.807, 2.05) is 48.7 Å². The van der Waals surface area contributed by atoms with Crippen LogP contribution in [0.3, 0.4) is 0 Å². The molecule has 0 bridgehead atoms. The minimum absolute atomic E-state index is 0.0351. The molecule has 2 amide bonds. The fraction of sp³-hybridized carbons (Fsp3) is 0.267. The van der Waals surface area contributed by atoms with Gasteiger partial charge in [-0.2, -0.15) is 0 Å². The molecule has 6 nitrogen and oxygen atoms in total. The van der Waals surface area contributed by atoms with Crippen molar-refractivity contribution in [3.63, 3.8) is 0 Å². The lowest BCUT2D eigenvalue weighted by Crippen LogP contribution is -2.44. The number of H-pyrrole nitrogens is 1. The molecule has 0 aliphatic rings. The highest BCUT2D eigenvalue weighted by Gasteiger charge is 2.23. The number of aromatic amines is 1. The minimum atomic E-state index is -0.179. The summed E-state index contributed by atoms with van der Waals surface area (Å²) in [6, 6.07) is 22.5. The van der Waals surface area contributed by atoms with Gasteiger partial charge < -0.3 is 19.5 Å². The maximum atomic E-state index is 13.7. The number of nitrogens with one attached hydrogen (secondary N) is 1. The summed E-state index contributed by atoms with van der Waals surface area (Å²) in [5.74, 6) is -0.321. The molecule has 0 atom stereocenters. The summed E-state index contributed by atoms with van der Waals surface area (Å²) >= 11 is 12.4. The number of amides is 2. The van der Waals surface area contributed by atoms with E-state index in [1.54, 1.807) is 41.2 Å². The van der Waals surface area contributed by atoms with Crippen LogP contribution in [0.4, 0.5) is 0 Å². The zero-order chi connectivity index (χ0) is 26.9. The van der Waals surface area contributed by atoms with E-state index in [0.717, 1.165) is 22.0 Å². The van der Waals surface area contributed by atoms with E-state index in [-0.39, 0.29) is 18.4 Å². The van der Waals surface area contributed by atoms with Gasteiger partial charge in [-0.15, -0.1) is 0 Å². The molecule has 0 aliphatic heterocycles. The number of methoxy groups -OCH3 is 1. The number of nitrogens with zero attached hydrogens (tertiary/aromatic N) is 2. The number of aromatic nitrogens is 1. The second-order valence-corrected chi connectivity index (χ2v) is 9.93. The van der Waals surface area contributed by atoms with E-state index < -0.39 is 0 Å². The third kappa shape index (κ3) is 7.16. The average Bonchev–Trinajstić information content (AvgIpc) is 3.35. The Balaban J connectivity index is 1.55.